The van der Waals surface area contributed by atoms with Gasteiger partial charge in [-0.3, -0.25) is 10.1 Å². The zero-order valence-corrected chi connectivity index (χ0v) is 12.0. The number of H-pyrrole nitrogens is 1. The number of benzene rings is 1. The second-order valence-electron chi connectivity index (χ2n) is 4.38. The molecule has 0 atom stereocenters. The first-order chi connectivity index (χ1) is 10.2. The lowest BCUT2D eigenvalue weighted by atomic mass is 10.3. The van der Waals surface area contributed by atoms with Crippen LogP contribution in [0.5, 0.6) is 0 Å². The Morgan fingerprint density at radius 2 is 2.10 bits per heavy atom. The Balaban J connectivity index is 1.96. The van der Waals surface area contributed by atoms with Gasteiger partial charge in [-0.1, -0.05) is 30.0 Å². The van der Waals surface area contributed by atoms with Crippen molar-refractivity contribution >= 4 is 34.2 Å². The van der Waals surface area contributed by atoms with Gasteiger partial charge in [0.1, 0.15) is 10.8 Å². The Morgan fingerprint density at radius 3 is 2.81 bits per heavy atom. The van der Waals surface area contributed by atoms with Gasteiger partial charge in [0, 0.05) is 24.0 Å². The van der Waals surface area contributed by atoms with Crippen LogP contribution in [-0.4, -0.2) is 21.9 Å². The minimum Gasteiger partial charge on any atom is -0.373 e. The van der Waals surface area contributed by atoms with Crippen molar-refractivity contribution in [1.29, 1.82) is 0 Å². The molecule has 0 aliphatic carbocycles. The summed E-state index contributed by atoms with van der Waals surface area (Å²) in [7, 11) is 1.68. The predicted molar refractivity (Wildman–Crippen MR) is 82.9 cm³/mol. The normalized spacial score (nSPS) is 10.7. The van der Waals surface area contributed by atoms with Crippen LogP contribution in [0.15, 0.2) is 52.5 Å². The summed E-state index contributed by atoms with van der Waals surface area (Å²) in [5.74, 6) is 0.475. The second kappa shape index (κ2) is 5.45. The van der Waals surface area contributed by atoms with E-state index in [1.807, 2.05) is 30.3 Å². The van der Waals surface area contributed by atoms with Gasteiger partial charge in [-0.05, 0) is 12.1 Å². The van der Waals surface area contributed by atoms with Crippen molar-refractivity contribution < 1.29 is 4.92 Å². The summed E-state index contributed by atoms with van der Waals surface area (Å²) in [4.78, 5) is 18.1. The van der Waals surface area contributed by atoms with Crippen LogP contribution >= 0.6 is 11.8 Å². The number of pyridine rings is 1. The number of aromatic nitrogens is 2. The lowest BCUT2D eigenvalue weighted by Gasteiger charge is -2.03. The maximum Gasteiger partial charge on any atom is 0.275 e. The molecule has 21 heavy (non-hydrogen) atoms. The molecule has 0 fully saturated rings. The number of anilines is 1. The van der Waals surface area contributed by atoms with E-state index in [0.29, 0.717) is 10.8 Å². The second-order valence-corrected chi connectivity index (χ2v) is 5.44. The molecule has 7 heteroatoms. The van der Waals surface area contributed by atoms with Crippen molar-refractivity contribution in [2.45, 2.75) is 10.1 Å². The van der Waals surface area contributed by atoms with E-state index in [2.05, 4.69) is 15.3 Å². The van der Waals surface area contributed by atoms with Crippen LogP contribution in [0.1, 0.15) is 0 Å². The van der Waals surface area contributed by atoms with Crippen LogP contribution in [0.3, 0.4) is 0 Å². The first-order valence-corrected chi connectivity index (χ1v) is 7.07. The Morgan fingerprint density at radius 1 is 1.29 bits per heavy atom. The molecular formula is C14H12N4O2S. The minimum absolute atomic E-state index is 0.0213. The number of hydrogen-bond acceptors (Lipinski definition) is 5. The van der Waals surface area contributed by atoms with Crippen LogP contribution in [0.25, 0.3) is 10.9 Å². The van der Waals surface area contributed by atoms with Crippen molar-refractivity contribution in [2.24, 2.45) is 0 Å². The van der Waals surface area contributed by atoms with Crippen LogP contribution in [0.4, 0.5) is 11.5 Å². The number of fused-ring (bicyclic) bond motifs is 1. The highest BCUT2D eigenvalue weighted by Gasteiger charge is 2.12. The van der Waals surface area contributed by atoms with Crippen molar-refractivity contribution in [2.75, 3.05) is 12.4 Å². The van der Waals surface area contributed by atoms with E-state index in [1.165, 1.54) is 23.9 Å². The van der Waals surface area contributed by atoms with Crippen LogP contribution in [0.2, 0.25) is 0 Å². The topological polar surface area (TPSA) is 83.9 Å². The van der Waals surface area contributed by atoms with E-state index in [9.17, 15) is 10.1 Å². The average molecular weight is 300 g/mol. The fourth-order valence-electron chi connectivity index (χ4n) is 1.99. The summed E-state index contributed by atoms with van der Waals surface area (Å²) in [5, 5.41) is 16.3. The third kappa shape index (κ3) is 2.82. The highest BCUT2D eigenvalue weighted by atomic mass is 32.2. The highest BCUT2D eigenvalue weighted by Crippen LogP contribution is 2.31. The van der Waals surface area contributed by atoms with Crippen molar-refractivity contribution in [3.05, 3.63) is 52.6 Å². The van der Waals surface area contributed by atoms with E-state index in [1.54, 1.807) is 7.05 Å². The molecule has 0 unspecified atom stereocenters. The molecule has 1 aromatic carbocycles. The van der Waals surface area contributed by atoms with Gasteiger partial charge in [-0.25, -0.2) is 4.98 Å². The third-order valence-electron chi connectivity index (χ3n) is 2.97. The molecule has 0 spiro atoms. The molecule has 0 radical (unpaired) electrons. The summed E-state index contributed by atoms with van der Waals surface area (Å²) in [5.41, 5.74) is 1.05. The van der Waals surface area contributed by atoms with Gasteiger partial charge < -0.3 is 10.3 Å². The Bertz CT molecular complexity index is 783. The molecule has 3 aromatic rings. The Labute approximate surface area is 124 Å². The van der Waals surface area contributed by atoms with E-state index in [0.717, 1.165) is 15.9 Å². The SMILES string of the molecule is CNc1cc([N+](=O)[O-])cc(Sc2cc3ccccc3[nH]2)n1. The number of rotatable bonds is 4. The molecule has 0 bridgehead atoms. The largest absolute Gasteiger partial charge is 0.373 e. The third-order valence-corrected chi connectivity index (χ3v) is 3.83. The van der Waals surface area contributed by atoms with Gasteiger partial charge in [0.2, 0.25) is 0 Å². The Hall–Kier alpha value is -2.54. The van der Waals surface area contributed by atoms with Crippen molar-refractivity contribution in [3.8, 4) is 0 Å². The lowest BCUT2D eigenvalue weighted by molar-refractivity contribution is -0.385. The van der Waals surface area contributed by atoms with Gasteiger partial charge >= 0.3 is 0 Å². The molecule has 2 heterocycles. The van der Waals surface area contributed by atoms with Crippen LogP contribution < -0.4 is 5.32 Å². The highest BCUT2D eigenvalue weighted by molar-refractivity contribution is 7.99. The van der Waals surface area contributed by atoms with Crippen LogP contribution in [0, 0.1) is 10.1 Å². The van der Waals surface area contributed by atoms with Crippen molar-refractivity contribution in [1.82, 2.24) is 9.97 Å². The molecular weight excluding hydrogens is 288 g/mol. The van der Waals surface area contributed by atoms with Gasteiger partial charge in [-0.2, -0.15) is 0 Å². The number of nitro groups is 1. The van der Waals surface area contributed by atoms with E-state index < -0.39 is 4.92 Å². The first-order valence-electron chi connectivity index (χ1n) is 6.25. The number of nitrogens with one attached hydrogen (secondary N) is 2. The molecule has 0 aliphatic rings. The molecule has 0 saturated heterocycles. The van der Waals surface area contributed by atoms with Crippen LogP contribution in [-0.2, 0) is 0 Å². The maximum atomic E-state index is 10.9. The van der Waals surface area contributed by atoms with E-state index in [-0.39, 0.29) is 5.69 Å². The minimum atomic E-state index is -0.419. The van der Waals surface area contributed by atoms with Gasteiger partial charge in [0.15, 0.2) is 0 Å². The summed E-state index contributed by atoms with van der Waals surface area (Å²) in [6.07, 6.45) is 0. The molecule has 0 saturated carbocycles. The predicted octanol–water partition coefficient (Wildman–Crippen LogP) is 3.66. The number of nitrogens with zero attached hydrogens (tertiary/aromatic N) is 2. The molecule has 0 aliphatic heterocycles. The zero-order valence-electron chi connectivity index (χ0n) is 11.2. The summed E-state index contributed by atoms with van der Waals surface area (Å²) < 4.78 is 0. The average Bonchev–Trinajstić information content (AvgIpc) is 2.88. The lowest BCUT2D eigenvalue weighted by Crippen LogP contribution is -1.96. The summed E-state index contributed by atoms with van der Waals surface area (Å²) >= 11 is 1.36. The van der Waals surface area contributed by atoms with Crippen molar-refractivity contribution in [3.63, 3.8) is 0 Å². The molecule has 0 amide bonds. The molecule has 6 nitrogen and oxygen atoms in total. The Kier molecular flexibility index (Phi) is 3.49. The smallest absolute Gasteiger partial charge is 0.275 e. The van der Waals surface area contributed by atoms with Gasteiger partial charge in [-0.15, -0.1) is 0 Å². The molecule has 3 rings (SSSR count). The van der Waals surface area contributed by atoms with E-state index in [4.69, 9.17) is 0 Å². The summed E-state index contributed by atoms with van der Waals surface area (Å²) in [6.45, 7) is 0. The zero-order chi connectivity index (χ0) is 14.8. The summed E-state index contributed by atoms with van der Waals surface area (Å²) in [6, 6.07) is 12.8. The molecule has 2 N–H and O–H groups in total. The number of hydrogen-bond donors (Lipinski definition) is 2. The van der Waals surface area contributed by atoms with E-state index >= 15 is 0 Å². The monoisotopic (exact) mass is 300 g/mol. The number of para-hydroxylation sites is 1. The fraction of sp³-hybridized carbons (Fsp3) is 0.0714. The van der Waals surface area contributed by atoms with Gasteiger partial charge in [0.05, 0.1) is 16.0 Å². The standard InChI is InChI=1S/C14H12N4O2S/c1-15-12-7-10(18(19)20)8-14(17-12)21-13-6-9-4-2-3-5-11(9)16-13/h2-8,16H,1H3,(H,15,17). The molecule has 2 aromatic heterocycles. The van der Waals surface area contributed by atoms with Gasteiger partial charge in [0.25, 0.3) is 5.69 Å². The fourth-order valence-corrected chi connectivity index (χ4v) is 2.89. The first kappa shape index (κ1) is 13.4. The molecule has 106 valence electrons. The maximum absolute atomic E-state index is 10.9. The number of aromatic amines is 1. The quantitative estimate of drug-likeness (QED) is 0.567.